The normalized spacial score (nSPS) is 21.4. The summed E-state index contributed by atoms with van der Waals surface area (Å²) < 4.78 is 55.3. The van der Waals surface area contributed by atoms with E-state index in [9.17, 15) is 22.5 Å². The standard InChI is InChI=1S/C25H30F3N6O2P/c1-37(2,36)22-17-4-3-16-18(13-31-21(16)22)20-19(25(26,27)28)14-32-24(33-20)30-9-12-34-10-6-15(7-11-34)5-8-29-23(17)35/h3-4,13-15,31H,5-12H2,1-2H3,(H,29,35)(H,30,32,33). The van der Waals surface area contributed by atoms with Crippen LogP contribution in [0.4, 0.5) is 19.1 Å². The molecule has 3 N–H and O–H groups in total. The quantitative estimate of drug-likeness (QED) is 0.406. The highest BCUT2D eigenvalue weighted by atomic mass is 31.2. The van der Waals surface area contributed by atoms with Gasteiger partial charge in [0.15, 0.2) is 0 Å². The van der Waals surface area contributed by atoms with Crippen LogP contribution >= 0.6 is 7.14 Å². The van der Waals surface area contributed by atoms with Crippen molar-refractivity contribution in [1.29, 1.82) is 0 Å². The summed E-state index contributed by atoms with van der Waals surface area (Å²) in [5, 5.41) is 6.78. The van der Waals surface area contributed by atoms with Gasteiger partial charge in [-0.15, -0.1) is 0 Å². The Labute approximate surface area is 212 Å². The summed E-state index contributed by atoms with van der Waals surface area (Å²) in [5.74, 6) is 0.277. The van der Waals surface area contributed by atoms with Crippen LogP contribution in [-0.2, 0) is 10.7 Å². The fourth-order valence-corrected chi connectivity index (χ4v) is 6.79. The largest absolute Gasteiger partial charge is 0.419 e. The number of rotatable bonds is 1. The van der Waals surface area contributed by atoms with Gasteiger partial charge < -0.3 is 25.1 Å². The number of fused-ring (bicyclic) bond motifs is 2. The van der Waals surface area contributed by atoms with Crippen LogP contribution in [0, 0.1) is 5.92 Å². The van der Waals surface area contributed by atoms with Gasteiger partial charge in [-0.05, 0) is 57.7 Å². The number of nitrogens with one attached hydrogen (secondary N) is 3. The molecule has 1 aromatic carbocycles. The van der Waals surface area contributed by atoms with Gasteiger partial charge in [0.1, 0.15) is 12.7 Å². The number of aromatic amines is 1. The maximum Gasteiger partial charge on any atom is 0.419 e. The summed E-state index contributed by atoms with van der Waals surface area (Å²) in [4.78, 5) is 26.7. The molecule has 2 aromatic heterocycles. The number of alkyl halides is 3. The number of halogens is 3. The Morgan fingerprint density at radius 3 is 2.49 bits per heavy atom. The number of carbonyl (C=O) groups is 1. The van der Waals surface area contributed by atoms with Crippen LogP contribution in [0.25, 0.3) is 22.2 Å². The molecule has 0 aliphatic carbocycles. The molecule has 0 radical (unpaired) electrons. The van der Waals surface area contributed by atoms with Crippen molar-refractivity contribution in [3.63, 3.8) is 0 Å². The maximum absolute atomic E-state index is 14.0. The number of benzene rings is 1. The first kappa shape index (κ1) is 25.7. The zero-order chi connectivity index (χ0) is 26.4. The molecular weight excluding hydrogens is 504 g/mol. The van der Waals surface area contributed by atoms with Gasteiger partial charge in [0.25, 0.3) is 5.91 Å². The lowest BCUT2D eigenvalue weighted by Gasteiger charge is -2.32. The number of carbonyl (C=O) groups excluding carboxylic acids is 1. The van der Waals surface area contributed by atoms with Gasteiger partial charge in [-0.1, -0.05) is 6.07 Å². The van der Waals surface area contributed by atoms with Gasteiger partial charge in [0, 0.05) is 48.3 Å². The molecule has 0 atom stereocenters. The highest BCUT2D eigenvalue weighted by molar-refractivity contribution is 7.70. The Bertz CT molecular complexity index is 1370. The third-order valence-electron chi connectivity index (χ3n) is 7.22. The van der Waals surface area contributed by atoms with Crippen molar-refractivity contribution < 1.29 is 22.5 Å². The number of amides is 1. The first-order valence-corrected chi connectivity index (χ1v) is 15.0. The molecule has 37 heavy (non-hydrogen) atoms. The molecule has 1 amide bonds. The summed E-state index contributed by atoms with van der Waals surface area (Å²) in [5.41, 5.74) is -0.397. The fourth-order valence-electron chi connectivity index (χ4n) is 5.31. The molecule has 1 saturated heterocycles. The number of hydrogen-bond donors (Lipinski definition) is 3. The van der Waals surface area contributed by atoms with Crippen molar-refractivity contribution in [2.75, 3.05) is 51.4 Å². The van der Waals surface area contributed by atoms with Gasteiger partial charge in [-0.25, -0.2) is 9.97 Å². The highest BCUT2D eigenvalue weighted by Gasteiger charge is 2.36. The molecule has 4 aliphatic rings. The first-order valence-electron chi connectivity index (χ1n) is 12.4. The lowest BCUT2D eigenvalue weighted by Crippen LogP contribution is -2.38. The molecule has 0 spiro atoms. The van der Waals surface area contributed by atoms with Gasteiger partial charge >= 0.3 is 6.18 Å². The smallest absolute Gasteiger partial charge is 0.360 e. The van der Waals surface area contributed by atoms with E-state index in [1.54, 1.807) is 25.5 Å². The number of aromatic nitrogens is 3. The molecule has 0 saturated carbocycles. The minimum absolute atomic E-state index is 0.109. The summed E-state index contributed by atoms with van der Waals surface area (Å²) in [6, 6.07) is 3.14. The SMILES string of the molecule is CP(C)(=O)c1c2ccc3c(c[nH]c13)-c1nc(ncc1C(F)(F)F)NCCN1CCC(CCNC2=O)CC1. The second-order valence-electron chi connectivity index (χ2n) is 10.1. The summed E-state index contributed by atoms with van der Waals surface area (Å²) in [6.07, 6.45) is 0.430. The summed E-state index contributed by atoms with van der Waals surface area (Å²) >= 11 is 0. The van der Waals surface area contributed by atoms with Crippen LogP contribution in [0.1, 0.15) is 35.2 Å². The molecule has 3 aromatic rings. The lowest BCUT2D eigenvalue weighted by atomic mass is 9.93. The monoisotopic (exact) mass is 534 g/mol. The molecule has 198 valence electrons. The van der Waals surface area contributed by atoms with E-state index in [-0.39, 0.29) is 28.7 Å². The third kappa shape index (κ3) is 5.25. The van der Waals surface area contributed by atoms with Gasteiger partial charge in [-0.2, -0.15) is 13.2 Å². The molecule has 0 unspecified atom stereocenters. The van der Waals surface area contributed by atoms with Crippen LogP contribution in [0.3, 0.4) is 0 Å². The van der Waals surface area contributed by atoms with E-state index in [4.69, 9.17) is 0 Å². The molecule has 6 heterocycles. The van der Waals surface area contributed by atoms with Gasteiger partial charge in [0.05, 0.1) is 16.8 Å². The van der Waals surface area contributed by atoms with Gasteiger partial charge in [0.2, 0.25) is 5.95 Å². The van der Waals surface area contributed by atoms with Crippen molar-refractivity contribution in [2.24, 2.45) is 5.92 Å². The second-order valence-corrected chi connectivity index (χ2v) is 13.3. The Hall–Kier alpha value is -2.91. The predicted octanol–water partition coefficient (Wildman–Crippen LogP) is 4.15. The Morgan fingerprint density at radius 2 is 1.78 bits per heavy atom. The van der Waals surface area contributed by atoms with E-state index in [1.165, 1.54) is 6.20 Å². The first-order chi connectivity index (χ1) is 17.5. The zero-order valence-corrected chi connectivity index (χ0v) is 21.7. The van der Waals surface area contributed by atoms with Crippen LogP contribution in [0.2, 0.25) is 0 Å². The molecule has 8 nitrogen and oxygen atoms in total. The number of hydrogen-bond acceptors (Lipinski definition) is 6. The Kier molecular flexibility index (Phi) is 6.79. The lowest BCUT2D eigenvalue weighted by molar-refractivity contribution is -0.137. The Balaban J connectivity index is 1.67. The molecule has 8 bridgehead atoms. The van der Waals surface area contributed by atoms with Crippen molar-refractivity contribution in [2.45, 2.75) is 25.4 Å². The van der Waals surface area contributed by atoms with Gasteiger partial charge in [-0.3, -0.25) is 4.79 Å². The number of H-pyrrole nitrogens is 1. The molecular formula is C25H30F3N6O2P. The van der Waals surface area contributed by atoms with Crippen LogP contribution in [0.15, 0.2) is 24.5 Å². The van der Waals surface area contributed by atoms with E-state index in [2.05, 4.69) is 30.5 Å². The fraction of sp³-hybridized carbons (Fsp3) is 0.480. The topological polar surface area (TPSA) is 103 Å². The van der Waals surface area contributed by atoms with Crippen molar-refractivity contribution in [3.05, 3.63) is 35.7 Å². The highest BCUT2D eigenvalue weighted by Crippen LogP contribution is 2.43. The Morgan fingerprint density at radius 1 is 1.03 bits per heavy atom. The van der Waals surface area contributed by atoms with E-state index in [0.29, 0.717) is 35.2 Å². The maximum atomic E-state index is 14.0. The summed E-state index contributed by atoms with van der Waals surface area (Å²) in [6.45, 7) is 6.67. The van der Waals surface area contributed by atoms with Crippen molar-refractivity contribution >= 4 is 35.2 Å². The van der Waals surface area contributed by atoms with Crippen LogP contribution < -0.4 is 15.9 Å². The molecule has 4 aliphatic heterocycles. The molecule has 12 heteroatoms. The average molecular weight is 535 g/mol. The average Bonchev–Trinajstić information content (AvgIpc) is 3.26. The van der Waals surface area contributed by atoms with E-state index in [0.717, 1.165) is 45.1 Å². The second kappa shape index (κ2) is 9.76. The minimum Gasteiger partial charge on any atom is -0.360 e. The van der Waals surface area contributed by atoms with E-state index < -0.39 is 18.9 Å². The minimum atomic E-state index is -4.68. The van der Waals surface area contributed by atoms with Crippen LogP contribution in [-0.4, -0.2) is 71.8 Å². The van der Waals surface area contributed by atoms with E-state index in [1.807, 2.05) is 0 Å². The predicted molar refractivity (Wildman–Crippen MR) is 138 cm³/mol. The molecule has 1 fully saturated rings. The molecule has 7 rings (SSSR count). The third-order valence-corrected chi connectivity index (χ3v) is 8.76. The summed E-state index contributed by atoms with van der Waals surface area (Å²) in [7, 11) is -3.02. The number of anilines is 1. The van der Waals surface area contributed by atoms with E-state index >= 15 is 0 Å². The van der Waals surface area contributed by atoms with Crippen LogP contribution in [0.5, 0.6) is 0 Å². The zero-order valence-electron chi connectivity index (χ0n) is 20.8. The van der Waals surface area contributed by atoms with Crippen molar-refractivity contribution in [3.8, 4) is 11.3 Å². The number of nitrogens with zero attached hydrogens (tertiary/aromatic N) is 3. The number of piperidine rings is 1. The van der Waals surface area contributed by atoms with Crippen molar-refractivity contribution in [1.82, 2.24) is 25.2 Å².